The second-order valence-corrected chi connectivity index (χ2v) is 8.31. The topological polar surface area (TPSA) is 52.6 Å². The van der Waals surface area contributed by atoms with E-state index >= 15 is 0 Å². The molecule has 1 aliphatic carbocycles. The molecule has 0 N–H and O–H groups in total. The second kappa shape index (κ2) is 11.5. The van der Waals surface area contributed by atoms with Gasteiger partial charge in [-0.3, -0.25) is 4.79 Å². The number of rotatable bonds is 8. The molecule has 2 aromatic rings. The van der Waals surface area contributed by atoms with Crippen molar-refractivity contribution in [3.05, 3.63) is 95.6 Å². The van der Waals surface area contributed by atoms with Crippen molar-refractivity contribution in [1.29, 1.82) is 0 Å². The van der Waals surface area contributed by atoms with Gasteiger partial charge in [0.05, 0.1) is 20.1 Å². The molecule has 0 saturated heterocycles. The molecule has 0 amide bonds. The van der Waals surface area contributed by atoms with Crippen molar-refractivity contribution in [2.24, 2.45) is 17.8 Å². The number of fused-ring (bicyclic) bond motifs is 1. The molecule has 0 bridgehead atoms. The Bertz CT molecular complexity index is 1050. The van der Waals surface area contributed by atoms with Gasteiger partial charge >= 0.3 is 11.9 Å². The molecule has 2 aromatic carbocycles. The van der Waals surface area contributed by atoms with E-state index in [4.69, 9.17) is 9.47 Å². The quantitative estimate of drug-likeness (QED) is 0.367. The lowest BCUT2D eigenvalue weighted by atomic mass is 9.65. The third-order valence-corrected chi connectivity index (χ3v) is 6.40. The molecule has 0 radical (unpaired) electrons. The van der Waals surface area contributed by atoms with Crippen LogP contribution in [0.15, 0.2) is 78.9 Å². The first-order chi connectivity index (χ1) is 16.0. The lowest BCUT2D eigenvalue weighted by Gasteiger charge is -2.38. The molecule has 0 unspecified atom stereocenters. The number of carbonyl (C=O) groups excluding carboxylic acids is 2. The van der Waals surface area contributed by atoms with Gasteiger partial charge in [0.1, 0.15) is 0 Å². The fourth-order valence-electron chi connectivity index (χ4n) is 4.73. The molecule has 33 heavy (non-hydrogen) atoms. The second-order valence-electron chi connectivity index (χ2n) is 8.31. The molecule has 0 aromatic heterocycles. The predicted molar refractivity (Wildman–Crippen MR) is 132 cm³/mol. The largest absolute Gasteiger partial charge is 0.469 e. The van der Waals surface area contributed by atoms with Crippen molar-refractivity contribution in [1.82, 2.24) is 0 Å². The summed E-state index contributed by atoms with van der Waals surface area (Å²) in [7, 11) is 2.81. The van der Waals surface area contributed by atoms with Crippen LogP contribution in [0, 0.1) is 17.8 Å². The summed E-state index contributed by atoms with van der Waals surface area (Å²) in [5, 5.41) is 0. The number of ether oxygens (including phenoxy) is 2. The van der Waals surface area contributed by atoms with Crippen LogP contribution in [0.2, 0.25) is 0 Å². The highest BCUT2D eigenvalue weighted by molar-refractivity contribution is 5.82. The number of benzene rings is 2. The van der Waals surface area contributed by atoms with E-state index in [2.05, 4.69) is 32.1 Å². The van der Waals surface area contributed by atoms with E-state index in [1.807, 2.05) is 60.7 Å². The normalized spacial score (nSPS) is 19.6. The molecule has 172 valence electrons. The summed E-state index contributed by atoms with van der Waals surface area (Å²) in [6.45, 7) is 4.20. The van der Waals surface area contributed by atoms with Gasteiger partial charge < -0.3 is 9.47 Å². The Morgan fingerprint density at radius 3 is 2.33 bits per heavy atom. The Morgan fingerprint density at radius 2 is 1.67 bits per heavy atom. The molecule has 3 rings (SSSR count). The summed E-state index contributed by atoms with van der Waals surface area (Å²) in [5.41, 5.74) is 4.47. The van der Waals surface area contributed by atoms with Crippen LogP contribution in [-0.2, 0) is 19.1 Å². The van der Waals surface area contributed by atoms with Crippen LogP contribution in [-0.4, -0.2) is 26.2 Å². The van der Waals surface area contributed by atoms with E-state index in [1.54, 1.807) is 0 Å². The van der Waals surface area contributed by atoms with Gasteiger partial charge in [0.15, 0.2) is 0 Å². The third-order valence-electron chi connectivity index (χ3n) is 6.40. The first-order valence-electron chi connectivity index (χ1n) is 11.3. The Morgan fingerprint density at radius 1 is 0.970 bits per heavy atom. The summed E-state index contributed by atoms with van der Waals surface area (Å²) in [4.78, 5) is 24.9. The SMILES string of the molecule is CC[C@H](/C=C\C(=O)OC)[C@H]1C=C(C)c2ccccc2[C@@H]1[C@H](/C=C/c1ccccc1)C(=O)OC. The summed E-state index contributed by atoms with van der Waals surface area (Å²) in [5.74, 6) is -1.21. The lowest BCUT2D eigenvalue weighted by Crippen LogP contribution is -2.32. The van der Waals surface area contributed by atoms with Crippen LogP contribution in [0.25, 0.3) is 11.6 Å². The number of allylic oxidation sites excluding steroid dienone is 3. The molecule has 0 fully saturated rings. The maximum absolute atomic E-state index is 13.1. The van der Waals surface area contributed by atoms with Crippen LogP contribution in [0.3, 0.4) is 0 Å². The highest BCUT2D eigenvalue weighted by Crippen LogP contribution is 2.47. The highest BCUT2D eigenvalue weighted by Gasteiger charge is 2.39. The molecular weight excluding hydrogens is 412 g/mol. The maximum Gasteiger partial charge on any atom is 0.330 e. The van der Waals surface area contributed by atoms with E-state index in [9.17, 15) is 9.59 Å². The van der Waals surface area contributed by atoms with Crippen LogP contribution in [0.5, 0.6) is 0 Å². The van der Waals surface area contributed by atoms with Crippen molar-refractivity contribution in [3.8, 4) is 0 Å². The Hall–Kier alpha value is -3.40. The van der Waals surface area contributed by atoms with Crippen molar-refractivity contribution >= 4 is 23.6 Å². The van der Waals surface area contributed by atoms with Crippen LogP contribution in [0.4, 0.5) is 0 Å². The third kappa shape index (κ3) is 5.70. The van der Waals surface area contributed by atoms with Gasteiger partial charge in [-0.15, -0.1) is 0 Å². The molecule has 0 heterocycles. The zero-order valence-electron chi connectivity index (χ0n) is 19.7. The maximum atomic E-state index is 13.1. The Labute approximate surface area is 196 Å². The van der Waals surface area contributed by atoms with Gasteiger partial charge in [-0.25, -0.2) is 4.79 Å². The van der Waals surface area contributed by atoms with Gasteiger partial charge in [0.2, 0.25) is 0 Å². The molecular formula is C29H32O4. The zero-order chi connectivity index (χ0) is 23.8. The minimum absolute atomic E-state index is 0.00956. The number of hydrogen-bond donors (Lipinski definition) is 0. The number of methoxy groups -OCH3 is 2. The molecule has 0 saturated carbocycles. The fraction of sp³-hybridized carbons (Fsp3) is 0.310. The molecule has 4 heteroatoms. The van der Waals surface area contributed by atoms with Gasteiger partial charge in [0.25, 0.3) is 0 Å². The minimum atomic E-state index is -0.480. The first-order valence-corrected chi connectivity index (χ1v) is 11.3. The fourth-order valence-corrected chi connectivity index (χ4v) is 4.73. The number of esters is 2. The van der Waals surface area contributed by atoms with Crippen molar-refractivity contribution < 1.29 is 19.1 Å². The molecule has 0 spiro atoms. The van der Waals surface area contributed by atoms with Gasteiger partial charge in [-0.05, 0) is 47.4 Å². The van der Waals surface area contributed by atoms with E-state index in [1.165, 1.54) is 25.9 Å². The smallest absolute Gasteiger partial charge is 0.330 e. The number of hydrogen-bond acceptors (Lipinski definition) is 4. The Balaban J connectivity index is 2.11. The van der Waals surface area contributed by atoms with Crippen molar-refractivity contribution in [2.75, 3.05) is 14.2 Å². The summed E-state index contributed by atoms with van der Waals surface area (Å²) >= 11 is 0. The first kappa shape index (κ1) is 24.2. The van der Waals surface area contributed by atoms with Gasteiger partial charge in [-0.1, -0.05) is 85.8 Å². The van der Waals surface area contributed by atoms with E-state index in [0.29, 0.717) is 0 Å². The Kier molecular flexibility index (Phi) is 8.42. The average molecular weight is 445 g/mol. The van der Waals surface area contributed by atoms with Crippen LogP contribution < -0.4 is 0 Å². The van der Waals surface area contributed by atoms with Crippen molar-refractivity contribution in [2.45, 2.75) is 26.2 Å². The lowest BCUT2D eigenvalue weighted by molar-refractivity contribution is -0.145. The van der Waals surface area contributed by atoms with E-state index in [0.717, 1.165) is 23.1 Å². The monoisotopic (exact) mass is 444 g/mol. The highest BCUT2D eigenvalue weighted by atomic mass is 16.5. The zero-order valence-corrected chi connectivity index (χ0v) is 19.7. The summed E-state index contributed by atoms with van der Waals surface area (Å²) in [6.07, 6.45) is 10.4. The summed E-state index contributed by atoms with van der Waals surface area (Å²) < 4.78 is 10.1. The minimum Gasteiger partial charge on any atom is -0.469 e. The van der Waals surface area contributed by atoms with E-state index < -0.39 is 5.92 Å². The van der Waals surface area contributed by atoms with Gasteiger partial charge in [-0.2, -0.15) is 0 Å². The average Bonchev–Trinajstić information content (AvgIpc) is 2.86. The predicted octanol–water partition coefficient (Wildman–Crippen LogP) is 6.06. The summed E-state index contributed by atoms with van der Waals surface area (Å²) in [6, 6.07) is 18.2. The molecule has 4 nitrogen and oxygen atoms in total. The van der Waals surface area contributed by atoms with Crippen LogP contribution >= 0.6 is 0 Å². The molecule has 1 aliphatic rings. The number of carbonyl (C=O) groups is 2. The van der Waals surface area contributed by atoms with E-state index in [-0.39, 0.29) is 29.7 Å². The molecule has 0 aliphatic heterocycles. The van der Waals surface area contributed by atoms with Crippen LogP contribution in [0.1, 0.15) is 42.9 Å². The standard InChI is InChI=1S/C29H32O4/c1-5-22(16-18-27(30)32-3)26-19-20(2)23-13-9-10-14-24(23)28(26)25(29(31)33-4)17-15-21-11-7-6-8-12-21/h6-19,22,25-26,28H,5H2,1-4H3/b17-15+,18-16-/t22-,25+,26-,28-/m1/s1. The van der Waals surface area contributed by atoms with Gasteiger partial charge in [0, 0.05) is 12.0 Å². The van der Waals surface area contributed by atoms with Crippen molar-refractivity contribution in [3.63, 3.8) is 0 Å². The molecule has 4 atom stereocenters.